The summed E-state index contributed by atoms with van der Waals surface area (Å²) in [5.74, 6) is -0.500. The number of rotatable bonds is 4. The van der Waals surface area contributed by atoms with E-state index in [2.05, 4.69) is 4.98 Å². The van der Waals surface area contributed by atoms with Crippen LogP contribution in [0, 0.1) is 0 Å². The van der Waals surface area contributed by atoms with E-state index < -0.39 is 5.91 Å². The second kappa shape index (κ2) is 6.22. The summed E-state index contributed by atoms with van der Waals surface area (Å²) in [6.07, 6.45) is 1.99. The molecule has 104 valence electrons. The van der Waals surface area contributed by atoms with Gasteiger partial charge in [-0.05, 0) is 29.8 Å². The third kappa shape index (κ3) is 3.28. The van der Waals surface area contributed by atoms with Gasteiger partial charge in [-0.2, -0.15) is 0 Å². The maximum atomic E-state index is 11.1. The van der Waals surface area contributed by atoms with E-state index in [4.69, 9.17) is 34.0 Å². The molecule has 1 aromatic carbocycles. The van der Waals surface area contributed by atoms with Gasteiger partial charge in [-0.1, -0.05) is 23.2 Å². The predicted octanol–water partition coefficient (Wildman–Crippen LogP) is 2.57. The van der Waals surface area contributed by atoms with Crippen LogP contribution >= 0.6 is 23.2 Å². The van der Waals surface area contributed by atoms with E-state index in [1.807, 2.05) is 0 Å². The molecule has 20 heavy (non-hydrogen) atoms. The van der Waals surface area contributed by atoms with Crippen LogP contribution in [0.15, 0.2) is 30.5 Å². The molecular weight excluding hydrogens is 299 g/mol. The number of aliphatic hydroxyl groups excluding tert-OH is 1. The molecule has 1 aromatic heterocycles. The average molecular weight is 311 g/mol. The molecule has 1 heterocycles. The summed E-state index contributed by atoms with van der Waals surface area (Å²) in [7, 11) is 0. The molecular formula is C14H12Cl2N2O2. The van der Waals surface area contributed by atoms with Crippen molar-refractivity contribution in [2.24, 2.45) is 5.73 Å². The Kier molecular flexibility index (Phi) is 4.60. The summed E-state index contributed by atoms with van der Waals surface area (Å²) < 4.78 is 0. The van der Waals surface area contributed by atoms with Gasteiger partial charge in [0.1, 0.15) is 0 Å². The summed E-state index contributed by atoms with van der Waals surface area (Å²) in [6, 6.07) is 6.62. The zero-order valence-electron chi connectivity index (χ0n) is 10.4. The van der Waals surface area contributed by atoms with Crippen molar-refractivity contribution in [2.75, 3.05) is 0 Å². The molecule has 0 bridgehead atoms. The second-order valence-corrected chi connectivity index (χ2v) is 5.09. The van der Waals surface area contributed by atoms with Crippen LogP contribution in [0.1, 0.15) is 27.2 Å². The molecule has 0 aliphatic rings. The number of carbonyl (C=O) groups excluding carboxylic acids is 1. The largest absolute Gasteiger partial charge is 0.392 e. The first-order valence-electron chi connectivity index (χ1n) is 5.83. The SMILES string of the molecule is NC(=O)c1ccnc(Cc2cc(Cl)c(CO)c(Cl)c2)c1. The standard InChI is InChI=1S/C14H12Cl2N2O2/c15-12-4-8(5-13(16)11(12)7-19)3-10-6-9(14(17)20)1-2-18-10/h1-2,4-6,19H,3,7H2,(H2,17,20). The molecule has 1 amide bonds. The van der Waals surface area contributed by atoms with E-state index in [1.165, 1.54) is 6.20 Å². The van der Waals surface area contributed by atoms with E-state index in [-0.39, 0.29) is 6.61 Å². The summed E-state index contributed by atoms with van der Waals surface area (Å²) >= 11 is 12.1. The van der Waals surface area contributed by atoms with Crippen molar-refractivity contribution in [1.82, 2.24) is 4.98 Å². The molecule has 0 radical (unpaired) electrons. The van der Waals surface area contributed by atoms with Crippen LogP contribution in [0.5, 0.6) is 0 Å². The Bertz CT molecular complexity index is 636. The Morgan fingerprint density at radius 1 is 1.25 bits per heavy atom. The lowest BCUT2D eigenvalue weighted by molar-refractivity contribution is 0.1000. The highest BCUT2D eigenvalue weighted by Crippen LogP contribution is 2.27. The smallest absolute Gasteiger partial charge is 0.248 e. The van der Waals surface area contributed by atoms with Crippen LogP contribution in [-0.2, 0) is 13.0 Å². The first kappa shape index (κ1) is 14.8. The van der Waals surface area contributed by atoms with Gasteiger partial charge in [0, 0.05) is 39.5 Å². The van der Waals surface area contributed by atoms with Gasteiger partial charge in [0.15, 0.2) is 0 Å². The molecule has 0 saturated carbocycles. The first-order chi connectivity index (χ1) is 9.51. The molecule has 0 saturated heterocycles. The Hall–Kier alpha value is -1.62. The van der Waals surface area contributed by atoms with Gasteiger partial charge in [-0.15, -0.1) is 0 Å². The molecule has 0 aliphatic heterocycles. The Morgan fingerprint density at radius 2 is 1.90 bits per heavy atom. The molecule has 0 unspecified atom stereocenters. The maximum Gasteiger partial charge on any atom is 0.248 e. The van der Waals surface area contributed by atoms with Crippen molar-refractivity contribution in [3.05, 3.63) is 62.9 Å². The number of aliphatic hydroxyl groups is 1. The number of primary amides is 1. The molecule has 4 nitrogen and oxygen atoms in total. The van der Waals surface area contributed by atoms with Gasteiger partial charge >= 0.3 is 0 Å². The Balaban J connectivity index is 2.30. The first-order valence-corrected chi connectivity index (χ1v) is 6.59. The van der Waals surface area contributed by atoms with Crippen LogP contribution in [0.2, 0.25) is 10.0 Å². The number of amides is 1. The van der Waals surface area contributed by atoms with E-state index in [0.29, 0.717) is 33.3 Å². The highest BCUT2D eigenvalue weighted by Gasteiger charge is 2.09. The predicted molar refractivity (Wildman–Crippen MR) is 77.9 cm³/mol. The minimum Gasteiger partial charge on any atom is -0.392 e. The van der Waals surface area contributed by atoms with Crippen LogP contribution in [0.3, 0.4) is 0 Å². The van der Waals surface area contributed by atoms with Crippen LogP contribution in [-0.4, -0.2) is 16.0 Å². The van der Waals surface area contributed by atoms with Crippen molar-refractivity contribution < 1.29 is 9.90 Å². The molecule has 2 aromatic rings. The van der Waals surface area contributed by atoms with Gasteiger partial charge < -0.3 is 10.8 Å². The van der Waals surface area contributed by atoms with Crippen molar-refractivity contribution in [2.45, 2.75) is 13.0 Å². The summed E-state index contributed by atoms with van der Waals surface area (Å²) in [5.41, 5.74) is 7.65. The Morgan fingerprint density at radius 3 is 2.45 bits per heavy atom. The summed E-state index contributed by atoms with van der Waals surface area (Å²) in [5, 5.41) is 9.95. The summed E-state index contributed by atoms with van der Waals surface area (Å²) in [4.78, 5) is 15.3. The number of halogens is 2. The highest BCUT2D eigenvalue weighted by atomic mass is 35.5. The third-order valence-corrected chi connectivity index (χ3v) is 3.52. The third-order valence-electron chi connectivity index (χ3n) is 2.85. The average Bonchev–Trinajstić information content (AvgIpc) is 2.38. The molecule has 2 rings (SSSR count). The van der Waals surface area contributed by atoms with Crippen molar-refractivity contribution in [1.29, 1.82) is 0 Å². The number of hydrogen-bond donors (Lipinski definition) is 2. The summed E-state index contributed by atoms with van der Waals surface area (Å²) in [6.45, 7) is -0.215. The minimum absolute atomic E-state index is 0.215. The topological polar surface area (TPSA) is 76.2 Å². The van der Waals surface area contributed by atoms with Gasteiger partial charge in [-0.25, -0.2) is 0 Å². The lowest BCUT2D eigenvalue weighted by atomic mass is 10.1. The van der Waals surface area contributed by atoms with Gasteiger partial charge in [-0.3, -0.25) is 9.78 Å². The number of pyridine rings is 1. The van der Waals surface area contributed by atoms with Gasteiger partial charge in [0.25, 0.3) is 0 Å². The lowest BCUT2D eigenvalue weighted by Gasteiger charge is -2.08. The monoisotopic (exact) mass is 310 g/mol. The number of nitrogens with two attached hydrogens (primary N) is 1. The van der Waals surface area contributed by atoms with Crippen molar-refractivity contribution in [3.63, 3.8) is 0 Å². The highest BCUT2D eigenvalue weighted by molar-refractivity contribution is 6.36. The Labute approximate surface area is 126 Å². The van der Waals surface area contributed by atoms with Crippen molar-refractivity contribution >= 4 is 29.1 Å². The second-order valence-electron chi connectivity index (χ2n) is 4.27. The van der Waals surface area contributed by atoms with Crippen molar-refractivity contribution in [3.8, 4) is 0 Å². The van der Waals surface area contributed by atoms with Crippen LogP contribution in [0.25, 0.3) is 0 Å². The zero-order chi connectivity index (χ0) is 14.7. The molecule has 0 atom stereocenters. The molecule has 6 heteroatoms. The fourth-order valence-corrected chi connectivity index (χ4v) is 2.50. The number of nitrogens with zero attached hydrogens (tertiary/aromatic N) is 1. The quantitative estimate of drug-likeness (QED) is 0.911. The van der Waals surface area contributed by atoms with Gasteiger partial charge in [0.05, 0.1) is 6.61 Å². The zero-order valence-corrected chi connectivity index (χ0v) is 11.9. The van der Waals surface area contributed by atoms with E-state index in [0.717, 1.165) is 5.56 Å². The molecule has 0 aliphatic carbocycles. The number of benzene rings is 1. The van der Waals surface area contributed by atoms with Crippen LogP contribution < -0.4 is 5.73 Å². The fraction of sp³-hybridized carbons (Fsp3) is 0.143. The number of carbonyl (C=O) groups is 1. The van der Waals surface area contributed by atoms with Gasteiger partial charge in [0.2, 0.25) is 5.91 Å². The van der Waals surface area contributed by atoms with Crippen LogP contribution in [0.4, 0.5) is 0 Å². The van der Waals surface area contributed by atoms with E-state index in [1.54, 1.807) is 24.3 Å². The number of aromatic nitrogens is 1. The minimum atomic E-state index is -0.500. The lowest BCUT2D eigenvalue weighted by Crippen LogP contribution is -2.11. The molecule has 3 N–H and O–H groups in total. The normalized spacial score (nSPS) is 10.6. The van der Waals surface area contributed by atoms with E-state index >= 15 is 0 Å². The maximum absolute atomic E-state index is 11.1. The number of hydrogen-bond acceptors (Lipinski definition) is 3. The molecule has 0 spiro atoms. The van der Waals surface area contributed by atoms with E-state index in [9.17, 15) is 4.79 Å². The molecule has 0 fully saturated rings. The fourth-order valence-electron chi connectivity index (χ4n) is 1.85.